The van der Waals surface area contributed by atoms with Gasteiger partial charge in [-0.3, -0.25) is 0 Å². The van der Waals surface area contributed by atoms with Gasteiger partial charge >= 0.3 is 0 Å². The molecule has 4 rings (SSSR count). The predicted molar refractivity (Wildman–Crippen MR) is 148 cm³/mol. The first-order valence-electron chi connectivity index (χ1n) is 11.8. The van der Waals surface area contributed by atoms with E-state index in [-0.39, 0.29) is 0 Å². The Kier molecular flexibility index (Phi) is 7.62. The molecule has 0 heterocycles. The average molecular weight is 445 g/mol. The van der Waals surface area contributed by atoms with E-state index < -0.39 is 0 Å². The van der Waals surface area contributed by atoms with Crippen molar-refractivity contribution in [2.24, 2.45) is 0 Å². The van der Waals surface area contributed by atoms with Gasteiger partial charge in [-0.05, 0) is 92.5 Å². The highest BCUT2D eigenvalue weighted by atomic mass is 15.1. The van der Waals surface area contributed by atoms with Crippen molar-refractivity contribution in [3.8, 4) is 0 Å². The molecule has 3 aromatic carbocycles. The Morgan fingerprint density at radius 2 is 1.53 bits per heavy atom. The van der Waals surface area contributed by atoms with Crippen LogP contribution in [0.25, 0.3) is 5.57 Å². The van der Waals surface area contributed by atoms with Crippen LogP contribution in [0.3, 0.4) is 0 Å². The number of benzene rings is 3. The maximum Gasteiger partial charge on any atom is 0.0462 e. The van der Waals surface area contributed by atoms with Gasteiger partial charge in [0.2, 0.25) is 0 Å². The molecule has 34 heavy (non-hydrogen) atoms. The monoisotopic (exact) mass is 444 g/mol. The summed E-state index contributed by atoms with van der Waals surface area (Å²) in [6, 6.07) is 27.9. The zero-order chi connectivity index (χ0) is 23.8. The second-order valence-electron chi connectivity index (χ2n) is 8.42. The van der Waals surface area contributed by atoms with Gasteiger partial charge in [0.05, 0.1) is 0 Å². The summed E-state index contributed by atoms with van der Waals surface area (Å²) in [5, 5.41) is 3.52. The smallest absolute Gasteiger partial charge is 0.0462 e. The van der Waals surface area contributed by atoms with Crippen LogP contribution in [0.15, 0.2) is 133 Å². The number of allylic oxidation sites excluding steroid dienone is 8. The van der Waals surface area contributed by atoms with Crippen molar-refractivity contribution in [2.75, 3.05) is 10.2 Å². The summed E-state index contributed by atoms with van der Waals surface area (Å²) in [7, 11) is 0. The number of nitrogens with zero attached hydrogens (tertiary/aromatic N) is 1. The van der Waals surface area contributed by atoms with Crippen molar-refractivity contribution in [1.29, 1.82) is 0 Å². The third-order valence-corrected chi connectivity index (χ3v) is 5.90. The van der Waals surface area contributed by atoms with Gasteiger partial charge in [-0.1, -0.05) is 72.8 Å². The number of rotatable bonds is 8. The Hall–Kier alpha value is -4.04. The second kappa shape index (κ2) is 11.2. The van der Waals surface area contributed by atoms with Crippen LogP contribution in [0, 0.1) is 6.92 Å². The molecule has 0 saturated heterocycles. The van der Waals surface area contributed by atoms with Gasteiger partial charge in [0, 0.05) is 28.5 Å². The van der Waals surface area contributed by atoms with Gasteiger partial charge in [0.25, 0.3) is 0 Å². The number of anilines is 3. The van der Waals surface area contributed by atoms with Gasteiger partial charge in [0.15, 0.2) is 0 Å². The molecule has 3 aromatic rings. The Bertz CT molecular complexity index is 1220. The molecule has 0 amide bonds. The third-order valence-electron chi connectivity index (χ3n) is 5.90. The molecule has 0 atom stereocenters. The summed E-state index contributed by atoms with van der Waals surface area (Å²) in [5.41, 5.74) is 9.59. The van der Waals surface area contributed by atoms with Crippen molar-refractivity contribution in [2.45, 2.75) is 26.7 Å². The van der Waals surface area contributed by atoms with E-state index in [4.69, 9.17) is 0 Å². The first-order valence-corrected chi connectivity index (χ1v) is 11.8. The SMILES string of the molecule is C=C/C=C(\C=C/C)N(c1ccc(C)cc1)c1ccc(C2=CC=C(Nc3ccccc3)CC2)cc1. The first kappa shape index (κ1) is 23.1. The van der Waals surface area contributed by atoms with E-state index in [1.807, 2.05) is 25.1 Å². The molecule has 1 N–H and O–H groups in total. The normalized spacial score (nSPS) is 13.9. The third kappa shape index (κ3) is 5.65. The fourth-order valence-electron chi connectivity index (χ4n) is 4.15. The van der Waals surface area contributed by atoms with E-state index in [9.17, 15) is 0 Å². The van der Waals surface area contributed by atoms with Gasteiger partial charge in [-0.15, -0.1) is 0 Å². The largest absolute Gasteiger partial charge is 0.359 e. The van der Waals surface area contributed by atoms with Crippen LogP contribution < -0.4 is 10.2 Å². The van der Waals surface area contributed by atoms with Crippen LogP contribution >= 0.6 is 0 Å². The molecule has 1 aliphatic carbocycles. The Balaban J connectivity index is 1.59. The molecule has 0 saturated carbocycles. The highest BCUT2D eigenvalue weighted by Crippen LogP contribution is 2.33. The highest BCUT2D eigenvalue weighted by molar-refractivity contribution is 5.75. The minimum atomic E-state index is 1.01. The van der Waals surface area contributed by atoms with Crippen molar-refractivity contribution in [3.05, 3.63) is 144 Å². The van der Waals surface area contributed by atoms with Crippen LogP contribution in [0.4, 0.5) is 17.1 Å². The molecular weight excluding hydrogens is 412 g/mol. The molecule has 0 aromatic heterocycles. The molecule has 2 nitrogen and oxygen atoms in total. The van der Waals surface area contributed by atoms with Crippen molar-refractivity contribution < 1.29 is 0 Å². The number of hydrogen-bond acceptors (Lipinski definition) is 2. The zero-order valence-electron chi connectivity index (χ0n) is 20.0. The van der Waals surface area contributed by atoms with E-state index in [0.717, 1.165) is 35.6 Å². The van der Waals surface area contributed by atoms with Crippen LogP contribution in [0.2, 0.25) is 0 Å². The maximum atomic E-state index is 3.92. The van der Waals surface area contributed by atoms with Crippen molar-refractivity contribution in [3.63, 3.8) is 0 Å². The molecular formula is C32H32N2. The van der Waals surface area contributed by atoms with E-state index in [2.05, 4.69) is 121 Å². The fraction of sp³-hybridized carbons (Fsp3) is 0.125. The summed E-state index contributed by atoms with van der Waals surface area (Å²) in [6.45, 7) is 8.07. The number of para-hydroxylation sites is 1. The summed E-state index contributed by atoms with van der Waals surface area (Å²) < 4.78 is 0. The minimum absolute atomic E-state index is 1.01. The molecule has 2 heteroatoms. The van der Waals surface area contributed by atoms with Gasteiger partial charge in [0.1, 0.15) is 0 Å². The lowest BCUT2D eigenvalue weighted by Gasteiger charge is -2.27. The molecule has 0 spiro atoms. The Morgan fingerprint density at radius 1 is 0.853 bits per heavy atom. The van der Waals surface area contributed by atoms with Gasteiger partial charge < -0.3 is 10.2 Å². The van der Waals surface area contributed by atoms with Crippen LogP contribution in [0.5, 0.6) is 0 Å². The lowest BCUT2D eigenvalue weighted by Crippen LogP contribution is -2.15. The quantitative estimate of drug-likeness (QED) is 0.349. The van der Waals surface area contributed by atoms with Crippen LogP contribution in [0.1, 0.15) is 30.9 Å². The van der Waals surface area contributed by atoms with Crippen molar-refractivity contribution in [1.82, 2.24) is 0 Å². The topological polar surface area (TPSA) is 15.3 Å². The molecule has 0 unspecified atom stereocenters. The summed E-state index contributed by atoms with van der Waals surface area (Å²) >= 11 is 0. The van der Waals surface area contributed by atoms with E-state index in [0.29, 0.717) is 0 Å². The van der Waals surface area contributed by atoms with E-state index in [1.54, 1.807) is 0 Å². The first-order chi connectivity index (χ1) is 16.7. The lowest BCUT2D eigenvalue weighted by molar-refractivity contribution is 0.982. The van der Waals surface area contributed by atoms with Crippen LogP contribution in [-0.4, -0.2) is 0 Å². The summed E-state index contributed by atoms with van der Waals surface area (Å²) in [6.07, 6.45) is 14.5. The molecule has 0 radical (unpaired) electrons. The molecule has 1 aliphatic rings. The van der Waals surface area contributed by atoms with Gasteiger partial charge in [-0.2, -0.15) is 0 Å². The average Bonchev–Trinajstić information content (AvgIpc) is 2.87. The predicted octanol–water partition coefficient (Wildman–Crippen LogP) is 8.95. The standard InChI is InChI=1S/C32H32N2/c1-4-9-30(10-5-2)34(31-21-13-25(3)14-22-31)32-23-17-27(18-24-32)26-15-19-29(20-16-26)33-28-11-7-6-8-12-28/h4-15,17-19,21-24,33H,1,16,20H2,2-3H3/b10-5-,30-9+. The number of nitrogens with one attached hydrogen (secondary N) is 1. The maximum absolute atomic E-state index is 3.92. The molecule has 170 valence electrons. The number of aryl methyl sites for hydroxylation is 1. The minimum Gasteiger partial charge on any atom is -0.359 e. The zero-order valence-corrected chi connectivity index (χ0v) is 20.0. The summed E-state index contributed by atoms with van der Waals surface area (Å²) in [5.74, 6) is 0. The fourth-order valence-corrected chi connectivity index (χ4v) is 4.15. The molecule has 0 fully saturated rings. The molecule has 0 bridgehead atoms. The number of hydrogen-bond donors (Lipinski definition) is 1. The highest BCUT2D eigenvalue weighted by Gasteiger charge is 2.14. The summed E-state index contributed by atoms with van der Waals surface area (Å²) in [4.78, 5) is 2.27. The van der Waals surface area contributed by atoms with Crippen LogP contribution in [-0.2, 0) is 0 Å². The second-order valence-corrected chi connectivity index (χ2v) is 8.42. The lowest BCUT2D eigenvalue weighted by atomic mass is 9.95. The van der Waals surface area contributed by atoms with Crippen molar-refractivity contribution >= 4 is 22.6 Å². The van der Waals surface area contributed by atoms with E-state index in [1.165, 1.54) is 22.4 Å². The Morgan fingerprint density at radius 3 is 2.12 bits per heavy atom. The van der Waals surface area contributed by atoms with Gasteiger partial charge in [-0.25, -0.2) is 0 Å². The molecule has 0 aliphatic heterocycles. The Labute approximate surface area is 204 Å². The van der Waals surface area contributed by atoms with E-state index >= 15 is 0 Å².